The zero-order valence-electron chi connectivity index (χ0n) is 15.7. The molecule has 5 nitrogen and oxygen atoms in total. The van der Waals surface area contributed by atoms with Crippen LogP contribution in [0, 0.1) is 0 Å². The Morgan fingerprint density at radius 1 is 1.14 bits per heavy atom. The first-order valence-electron chi connectivity index (χ1n) is 9.68. The highest BCUT2D eigenvalue weighted by Crippen LogP contribution is 2.38. The molecule has 1 saturated heterocycles. The molecule has 0 amide bonds. The maximum atomic E-state index is 13.9. The molecular weight excluding hydrogens is 379 g/mol. The number of benzene rings is 1. The first-order chi connectivity index (χ1) is 14.0. The van der Waals surface area contributed by atoms with Gasteiger partial charge in [0.25, 0.3) is 0 Å². The topological polar surface area (TPSA) is 49.7 Å². The van der Waals surface area contributed by atoms with Gasteiger partial charge in [-0.3, -0.25) is 4.90 Å². The molecule has 4 heterocycles. The average molecular weight is 399 g/mol. The fraction of sp³-hybridized carbons (Fsp3) is 0.333. The average Bonchev–Trinajstić information content (AvgIpc) is 3.33. The summed E-state index contributed by atoms with van der Waals surface area (Å²) < 4.78 is 43.1. The number of nitrogens with zero attached hydrogens (tertiary/aromatic N) is 4. The molecule has 0 unspecified atom stereocenters. The second-order valence-electron chi connectivity index (χ2n) is 7.55. The molecule has 1 aliphatic heterocycles. The van der Waals surface area contributed by atoms with Crippen LogP contribution < -0.4 is 0 Å². The van der Waals surface area contributed by atoms with Gasteiger partial charge in [0, 0.05) is 30.7 Å². The Kier molecular flexibility index (Phi) is 4.31. The van der Waals surface area contributed by atoms with Crippen LogP contribution in [0.1, 0.15) is 30.3 Å². The predicted octanol–water partition coefficient (Wildman–Crippen LogP) is 4.77. The van der Waals surface area contributed by atoms with Gasteiger partial charge in [0.05, 0.1) is 11.7 Å². The number of aromatic amines is 1. The first-order valence-corrected chi connectivity index (χ1v) is 9.68. The van der Waals surface area contributed by atoms with E-state index < -0.39 is 12.0 Å². The third kappa shape index (κ3) is 3.27. The van der Waals surface area contributed by atoms with Crippen LogP contribution in [0.2, 0.25) is 0 Å². The normalized spacial score (nSPS) is 18.7. The first kappa shape index (κ1) is 18.2. The molecular formula is C21H20F3N5. The van der Waals surface area contributed by atoms with Crippen LogP contribution in [-0.2, 0) is 12.7 Å². The van der Waals surface area contributed by atoms with Gasteiger partial charge in [-0.15, -0.1) is 0 Å². The fourth-order valence-electron chi connectivity index (χ4n) is 4.37. The summed E-state index contributed by atoms with van der Waals surface area (Å²) in [6, 6.07) is 11.5. The van der Waals surface area contributed by atoms with Gasteiger partial charge in [-0.2, -0.15) is 13.2 Å². The summed E-state index contributed by atoms with van der Waals surface area (Å²) in [7, 11) is 0. The van der Waals surface area contributed by atoms with E-state index in [1.165, 1.54) is 10.8 Å². The van der Waals surface area contributed by atoms with Gasteiger partial charge in [-0.05, 0) is 31.0 Å². The number of H-pyrrole nitrogens is 1. The van der Waals surface area contributed by atoms with Gasteiger partial charge in [0.2, 0.25) is 5.82 Å². The second kappa shape index (κ2) is 6.88. The molecule has 29 heavy (non-hydrogen) atoms. The molecule has 1 aromatic carbocycles. The van der Waals surface area contributed by atoms with Crippen molar-refractivity contribution in [2.45, 2.75) is 31.6 Å². The van der Waals surface area contributed by atoms with Crippen LogP contribution in [0.4, 0.5) is 13.2 Å². The Morgan fingerprint density at radius 2 is 1.97 bits per heavy atom. The maximum absolute atomic E-state index is 13.9. The minimum Gasteiger partial charge on any atom is -0.346 e. The van der Waals surface area contributed by atoms with Crippen molar-refractivity contribution in [2.24, 2.45) is 0 Å². The van der Waals surface area contributed by atoms with Gasteiger partial charge >= 0.3 is 6.18 Å². The maximum Gasteiger partial charge on any atom is 0.449 e. The van der Waals surface area contributed by atoms with Crippen LogP contribution in [-0.4, -0.2) is 37.5 Å². The van der Waals surface area contributed by atoms with E-state index in [4.69, 9.17) is 0 Å². The molecule has 8 heteroatoms. The molecule has 1 N–H and O–H groups in total. The van der Waals surface area contributed by atoms with E-state index in [0.717, 1.165) is 25.1 Å². The quantitative estimate of drug-likeness (QED) is 0.540. The van der Waals surface area contributed by atoms with Crippen molar-refractivity contribution in [1.29, 1.82) is 0 Å². The molecule has 1 atom stereocenters. The van der Waals surface area contributed by atoms with Crippen molar-refractivity contribution < 1.29 is 13.2 Å². The van der Waals surface area contributed by atoms with E-state index in [9.17, 15) is 13.2 Å². The van der Waals surface area contributed by atoms with E-state index in [1.54, 1.807) is 12.3 Å². The number of imidazole rings is 1. The van der Waals surface area contributed by atoms with E-state index in [1.807, 2.05) is 30.3 Å². The number of fused-ring (bicyclic) bond motifs is 3. The lowest BCUT2D eigenvalue weighted by molar-refractivity contribution is -0.148. The van der Waals surface area contributed by atoms with Crippen molar-refractivity contribution >= 4 is 22.1 Å². The van der Waals surface area contributed by atoms with Crippen molar-refractivity contribution in [2.75, 3.05) is 13.1 Å². The van der Waals surface area contributed by atoms with Crippen LogP contribution >= 0.6 is 0 Å². The number of rotatable bonds is 3. The Balaban J connectivity index is 1.58. The minimum absolute atomic E-state index is 0.282. The standard InChI is InChI=1S/C21H20F3N5/c22-21(23,24)20-27-17-11-26-19-16(8-9-25-19)18(17)29(20)15-7-4-10-28(13-15)12-14-5-2-1-3-6-14/h1-3,5-6,8-9,11,15H,4,7,10,12-13H2,(H,25,26)/t15-/m1/s1. The number of alkyl halides is 3. The SMILES string of the molecule is FC(F)(F)c1nc2cnc3[nH]ccc3c2n1[C@@H]1CCCN(Cc2ccccc2)C1. The van der Waals surface area contributed by atoms with Gasteiger partial charge in [0.15, 0.2) is 0 Å². The second-order valence-corrected chi connectivity index (χ2v) is 7.55. The molecule has 1 fully saturated rings. The van der Waals surface area contributed by atoms with E-state index in [-0.39, 0.29) is 11.6 Å². The zero-order chi connectivity index (χ0) is 20.0. The number of nitrogens with one attached hydrogen (secondary N) is 1. The van der Waals surface area contributed by atoms with Gasteiger partial charge in [0.1, 0.15) is 11.2 Å². The molecule has 0 spiro atoms. The smallest absolute Gasteiger partial charge is 0.346 e. The Bertz CT molecular complexity index is 1150. The lowest BCUT2D eigenvalue weighted by Crippen LogP contribution is -2.37. The van der Waals surface area contributed by atoms with Gasteiger partial charge < -0.3 is 9.55 Å². The van der Waals surface area contributed by atoms with Crippen molar-refractivity contribution in [3.8, 4) is 0 Å². The number of likely N-dealkylation sites (tertiary alicyclic amines) is 1. The Labute approximate surface area is 165 Å². The van der Waals surface area contributed by atoms with E-state index in [2.05, 4.69) is 19.9 Å². The van der Waals surface area contributed by atoms with Crippen LogP contribution in [0.3, 0.4) is 0 Å². The fourth-order valence-corrected chi connectivity index (χ4v) is 4.37. The van der Waals surface area contributed by atoms with Gasteiger partial charge in [-0.25, -0.2) is 9.97 Å². The zero-order valence-corrected chi connectivity index (χ0v) is 15.7. The van der Waals surface area contributed by atoms with Crippen molar-refractivity contribution in [1.82, 2.24) is 24.4 Å². The van der Waals surface area contributed by atoms with Crippen molar-refractivity contribution in [3.63, 3.8) is 0 Å². The Hall–Kier alpha value is -2.87. The van der Waals surface area contributed by atoms with E-state index in [0.29, 0.717) is 29.5 Å². The number of pyridine rings is 1. The molecule has 0 bridgehead atoms. The molecule has 1 aliphatic rings. The molecule has 0 saturated carbocycles. The summed E-state index contributed by atoms with van der Waals surface area (Å²) in [4.78, 5) is 13.4. The highest BCUT2D eigenvalue weighted by molar-refractivity contribution is 6.01. The number of piperidine rings is 1. The van der Waals surface area contributed by atoms with Gasteiger partial charge in [-0.1, -0.05) is 30.3 Å². The third-order valence-corrected chi connectivity index (χ3v) is 5.58. The highest BCUT2D eigenvalue weighted by atomic mass is 19.4. The largest absolute Gasteiger partial charge is 0.449 e. The lowest BCUT2D eigenvalue weighted by atomic mass is 10.0. The predicted molar refractivity (Wildman–Crippen MR) is 104 cm³/mol. The number of aromatic nitrogens is 4. The molecule has 0 aliphatic carbocycles. The molecule has 3 aromatic heterocycles. The summed E-state index contributed by atoms with van der Waals surface area (Å²) in [5, 5.41) is 0.672. The molecule has 4 aromatic rings. The molecule has 0 radical (unpaired) electrons. The number of hydrogen-bond acceptors (Lipinski definition) is 3. The van der Waals surface area contributed by atoms with Crippen LogP contribution in [0.5, 0.6) is 0 Å². The lowest BCUT2D eigenvalue weighted by Gasteiger charge is -2.34. The Morgan fingerprint density at radius 3 is 2.76 bits per heavy atom. The summed E-state index contributed by atoms with van der Waals surface area (Å²) in [5.74, 6) is -0.838. The summed E-state index contributed by atoms with van der Waals surface area (Å²) in [6.45, 7) is 2.16. The monoisotopic (exact) mass is 399 g/mol. The summed E-state index contributed by atoms with van der Waals surface area (Å²) >= 11 is 0. The highest BCUT2D eigenvalue weighted by Gasteiger charge is 2.40. The summed E-state index contributed by atoms with van der Waals surface area (Å²) in [5.41, 5.74) is 2.53. The third-order valence-electron chi connectivity index (χ3n) is 5.58. The van der Waals surface area contributed by atoms with Crippen LogP contribution in [0.25, 0.3) is 22.1 Å². The minimum atomic E-state index is -4.52. The number of hydrogen-bond donors (Lipinski definition) is 1. The van der Waals surface area contributed by atoms with Crippen molar-refractivity contribution in [3.05, 3.63) is 60.2 Å². The van der Waals surface area contributed by atoms with E-state index >= 15 is 0 Å². The number of halogens is 3. The summed E-state index contributed by atoms with van der Waals surface area (Å²) in [6.07, 6.45) is 0.127. The molecule has 150 valence electrons. The van der Waals surface area contributed by atoms with Crippen LogP contribution in [0.15, 0.2) is 48.8 Å². The molecule has 5 rings (SSSR count).